The van der Waals surface area contributed by atoms with E-state index in [2.05, 4.69) is 5.10 Å². The monoisotopic (exact) mass is 281 g/mol. The number of rotatable bonds is 4. The second-order valence-corrected chi connectivity index (χ2v) is 5.55. The van der Waals surface area contributed by atoms with Crippen LogP contribution in [0, 0.1) is 0 Å². The van der Waals surface area contributed by atoms with E-state index in [0.29, 0.717) is 25.2 Å². The highest BCUT2D eigenvalue weighted by Crippen LogP contribution is 2.22. The van der Waals surface area contributed by atoms with Crippen molar-refractivity contribution < 1.29 is 9.90 Å². The number of aliphatic hydroxyl groups is 1. The Balaban J connectivity index is 2.19. The van der Waals surface area contributed by atoms with Crippen LogP contribution < -0.4 is 5.73 Å². The molecule has 1 amide bonds. The maximum Gasteiger partial charge on any atom is 0.276 e. The quantitative estimate of drug-likeness (QED) is 0.785. The summed E-state index contributed by atoms with van der Waals surface area (Å²) in [5, 5.41) is 14.0. The van der Waals surface area contributed by atoms with Crippen molar-refractivity contribution >= 4 is 11.6 Å². The molecule has 20 heavy (non-hydrogen) atoms. The molecule has 2 unspecified atom stereocenters. The molecule has 0 radical (unpaired) electrons. The highest BCUT2D eigenvalue weighted by atomic mass is 16.3. The molecule has 0 saturated carbocycles. The van der Waals surface area contributed by atoms with Gasteiger partial charge in [0.2, 0.25) is 0 Å². The van der Waals surface area contributed by atoms with Gasteiger partial charge in [0.1, 0.15) is 0 Å². The maximum absolute atomic E-state index is 12.6. The number of likely N-dealkylation sites (N-methyl/N-ethyl adjacent to an activating group) is 1. The molecular formula is C13H23N5O2. The summed E-state index contributed by atoms with van der Waals surface area (Å²) in [6.07, 6.45) is 1.79. The van der Waals surface area contributed by atoms with Crippen molar-refractivity contribution in [3.63, 3.8) is 0 Å². The molecule has 7 heteroatoms. The standard InChI is InChI=1S/C13H23N5O2/c1-4-17-8-11(14)12(15-17)13(20)18-7-10(19)5-9(18)6-16(2)3/h8-10,19H,4-7,14H2,1-3H3. The molecule has 1 aromatic rings. The Morgan fingerprint density at radius 3 is 2.85 bits per heavy atom. The Labute approximate surface area is 118 Å². The first-order valence-corrected chi connectivity index (χ1v) is 6.89. The van der Waals surface area contributed by atoms with E-state index < -0.39 is 6.10 Å². The van der Waals surface area contributed by atoms with E-state index >= 15 is 0 Å². The molecule has 1 fully saturated rings. The number of likely N-dealkylation sites (tertiary alicyclic amines) is 1. The van der Waals surface area contributed by atoms with Gasteiger partial charge in [0.25, 0.3) is 5.91 Å². The molecule has 2 rings (SSSR count). The third-order valence-electron chi connectivity index (χ3n) is 3.55. The predicted octanol–water partition coefficient (Wildman–Crippen LogP) is -0.378. The first kappa shape index (κ1) is 14.8. The van der Waals surface area contributed by atoms with E-state index in [1.165, 1.54) is 0 Å². The van der Waals surface area contributed by atoms with Crippen molar-refractivity contribution in [3.8, 4) is 0 Å². The lowest BCUT2D eigenvalue weighted by Crippen LogP contribution is -2.41. The van der Waals surface area contributed by atoms with E-state index in [1.807, 2.05) is 25.9 Å². The molecule has 1 aromatic heterocycles. The molecule has 1 saturated heterocycles. The molecule has 1 aliphatic rings. The number of carbonyl (C=O) groups is 1. The minimum absolute atomic E-state index is 0.00123. The van der Waals surface area contributed by atoms with Crippen LogP contribution in [0.2, 0.25) is 0 Å². The normalized spacial score (nSPS) is 22.8. The van der Waals surface area contributed by atoms with Gasteiger partial charge in [-0.1, -0.05) is 0 Å². The fourth-order valence-corrected chi connectivity index (χ4v) is 2.64. The fourth-order valence-electron chi connectivity index (χ4n) is 2.64. The van der Waals surface area contributed by atoms with Crippen LogP contribution in [0.5, 0.6) is 0 Å². The third kappa shape index (κ3) is 2.94. The number of nitrogens with zero attached hydrogens (tertiary/aromatic N) is 4. The molecule has 3 N–H and O–H groups in total. The first-order chi connectivity index (χ1) is 9.42. The van der Waals surface area contributed by atoms with Crippen molar-refractivity contribution in [2.75, 3.05) is 32.9 Å². The number of aromatic nitrogens is 2. The summed E-state index contributed by atoms with van der Waals surface area (Å²) in [5.74, 6) is -0.196. The van der Waals surface area contributed by atoms with Gasteiger partial charge in [0.05, 0.1) is 11.8 Å². The predicted molar refractivity (Wildman–Crippen MR) is 76.3 cm³/mol. The highest BCUT2D eigenvalue weighted by Gasteiger charge is 2.36. The summed E-state index contributed by atoms with van der Waals surface area (Å²) < 4.78 is 1.65. The number of β-amino-alcohol motifs (C(OH)–C–C–N with tert-alkyl or cyclic N) is 1. The van der Waals surface area contributed by atoms with Gasteiger partial charge in [0, 0.05) is 31.9 Å². The second-order valence-electron chi connectivity index (χ2n) is 5.55. The minimum atomic E-state index is -0.474. The van der Waals surface area contributed by atoms with E-state index in [0.717, 1.165) is 6.54 Å². The van der Waals surface area contributed by atoms with E-state index in [9.17, 15) is 9.90 Å². The van der Waals surface area contributed by atoms with Gasteiger partial charge < -0.3 is 20.6 Å². The van der Waals surface area contributed by atoms with Crippen LogP contribution >= 0.6 is 0 Å². The number of nitrogen functional groups attached to an aromatic ring is 1. The van der Waals surface area contributed by atoms with E-state index in [1.54, 1.807) is 15.8 Å². The van der Waals surface area contributed by atoms with Crippen LogP contribution in [0.25, 0.3) is 0 Å². The number of amides is 1. The van der Waals surface area contributed by atoms with Crippen molar-refractivity contribution in [1.29, 1.82) is 0 Å². The fraction of sp³-hybridized carbons (Fsp3) is 0.692. The summed E-state index contributed by atoms with van der Waals surface area (Å²) in [7, 11) is 3.90. The molecule has 0 bridgehead atoms. The molecule has 1 aliphatic heterocycles. The van der Waals surface area contributed by atoms with Gasteiger partial charge in [-0.25, -0.2) is 0 Å². The van der Waals surface area contributed by atoms with Crippen LogP contribution in [0.15, 0.2) is 6.20 Å². The Morgan fingerprint density at radius 1 is 1.60 bits per heavy atom. The largest absolute Gasteiger partial charge is 0.396 e. The number of aliphatic hydroxyl groups excluding tert-OH is 1. The lowest BCUT2D eigenvalue weighted by molar-refractivity contribution is 0.0693. The van der Waals surface area contributed by atoms with Gasteiger partial charge in [-0.15, -0.1) is 0 Å². The van der Waals surface area contributed by atoms with Crippen LogP contribution in [0.1, 0.15) is 23.8 Å². The Hall–Kier alpha value is -1.60. The SMILES string of the molecule is CCn1cc(N)c(C(=O)N2CC(O)CC2CN(C)C)n1. The van der Waals surface area contributed by atoms with Gasteiger partial charge >= 0.3 is 0 Å². The Kier molecular flexibility index (Phi) is 4.29. The van der Waals surface area contributed by atoms with Gasteiger partial charge in [-0.05, 0) is 27.4 Å². The number of hydrogen-bond donors (Lipinski definition) is 2. The smallest absolute Gasteiger partial charge is 0.276 e. The zero-order chi connectivity index (χ0) is 14.9. The average molecular weight is 281 g/mol. The number of carbonyl (C=O) groups excluding carboxylic acids is 1. The van der Waals surface area contributed by atoms with E-state index in [4.69, 9.17) is 5.73 Å². The third-order valence-corrected chi connectivity index (χ3v) is 3.55. The number of nitrogens with two attached hydrogens (primary N) is 1. The van der Waals surface area contributed by atoms with Crippen molar-refractivity contribution in [1.82, 2.24) is 19.6 Å². The van der Waals surface area contributed by atoms with Crippen molar-refractivity contribution in [2.45, 2.75) is 32.0 Å². The maximum atomic E-state index is 12.6. The molecule has 112 valence electrons. The molecule has 0 aromatic carbocycles. The molecule has 2 heterocycles. The zero-order valence-corrected chi connectivity index (χ0v) is 12.3. The number of hydrogen-bond acceptors (Lipinski definition) is 5. The van der Waals surface area contributed by atoms with Gasteiger partial charge in [-0.3, -0.25) is 9.48 Å². The molecular weight excluding hydrogens is 258 g/mol. The van der Waals surface area contributed by atoms with E-state index in [-0.39, 0.29) is 17.6 Å². The average Bonchev–Trinajstić information content (AvgIpc) is 2.91. The topological polar surface area (TPSA) is 87.6 Å². The lowest BCUT2D eigenvalue weighted by atomic mass is 10.2. The summed E-state index contributed by atoms with van der Waals surface area (Å²) in [4.78, 5) is 16.3. The van der Waals surface area contributed by atoms with Crippen molar-refractivity contribution in [2.24, 2.45) is 0 Å². The Bertz CT molecular complexity index is 485. The van der Waals surface area contributed by atoms with Crippen LogP contribution in [0.3, 0.4) is 0 Å². The van der Waals surface area contributed by atoms with Crippen LogP contribution in [0.4, 0.5) is 5.69 Å². The van der Waals surface area contributed by atoms with Crippen LogP contribution in [-0.4, -0.2) is 69.9 Å². The lowest BCUT2D eigenvalue weighted by Gasteiger charge is -2.26. The molecule has 0 aliphatic carbocycles. The summed E-state index contributed by atoms with van der Waals surface area (Å²) in [6, 6.07) is -0.00123. The van der Waals surface area contributed by atoms with Gasteiger partial charge in [-0.2, -0.15) is 5.10 Å². The summed E-state index contributed by atoms with van der Waals surface area (Å²) in [6.45, 7) is 3.67. The second kappa shape index (κ2) is 5.80. The number of aryl methyl sites for hydroxylation is 1. The Morgan fingerprint density at radius 2 is 2.30 bits per heavy atom. The summed E-state index contributed by atoms with van der Waals surface area (Å²) in [5.41, 5.74) is 6.54. The minimum Gasteiger partial charge on any atom is -0.396 e. The van der Waals surface area contributed by atoms with Gasteiger partial charge in [0.15, 0.2) is 5.69 Å². The highest BCUT2D eigenvalue weighted by molar-refractivity contribution is 5.97. The zero-order valence-electron chi connectivity index (χ0n) is 12.3. The number of anilines is 1. The molecule has 7 nitrogen and oxygen atoms in total. The molecule has 0 spiro atoms. The first-order valence-electron chi connectivity index (χ1n) is 6.89. The van der Waals surface area contributed by atoms with Crippen molar-refractivity contribution in [3.05, 3.63) is 11.9 Å². The summed E-state index contributed by atoms with van der Waals surface area (Å²) >= 11 is 0. The van der Waals surface area contributed by atoms with Crippen LogP contribution in [-0.2, 0) is 6.54 Å². The molecule has 2 atom stereocenters.